The van der Waals surface area contributed by atoms with E-state index in [4.69, 9.17) is 4.74 Å². The zero-order valence-corrected chi connectivity index (χ0v) is 10.3. The van der Waals surface area contributed by atoms with Gasteiger partial charge in [-0.2, -0.15) is 0 Å². The average Bonchev–Trinajstić information content (AvgIpc) is 2.39. The van der Waals surface area contributed by atoms with Crippen molar-refractivity contribution in [2.45, 2.75) is 13.3 Å². The first-order chi connectivity index (χ1) is 8.74. The monoisotopic (exact) mass is 251 g/mol. The Bertz CT molecular complexity index is 381. The van der Waals surface area contributed by atoms with E-state index in [0.717, 1.165) is 0 Å². The largest absolute Gasteiger partial charge is 0.382 e. The molecule has 2 N–H and O–H groups in total. The predicted octanol–water partition coefficient (Wildman–Crippen LogP) is 0.563. The van der Waals surface area contributed by atoms with Crippen LogP contribution in [0.4, 0.5) is 5.69 Å². The second-order valence-corrected chi connectivity index (χ2v) is 3.50. The van der Waals surface area contributed by atoms with Crippen LogP contribution in [-0.2, 0) is 14.3 Å². The third-order valence-electron chi connectivity index (χ3n) is 2.08. The fraction of sp³-hybridized carbons (Fsp3) is 0.417. The summed E-state index contributed by atoms with van der Waals surface area (Å²) in [5.41, 5.74) is 0.493. The molecule has 6 nitrogen and oxygen atoms in total. The first kappa shape index (κ1) is 14.1. The molecule has 0 aliphatic rings. The molecule has 2 amide bonds. The Kier molecular flexibility index (Phi) is 6.42. The van der Waals surface area contributed by atoms with Crippen LogP contribution >= 0.6 is 0 Å². The molecular weight excluding hydrogens is 234 g/mol. The summed E-state index contributed by atoms with van der Waals surface area (Å²) < 4.78 is 5.11. The lowest BCUT2D eigenvalue weighted by Crippen LogP contribution is -2.36. The quantitative estimate of drug-likeness (QED) is 0.572. The molecule has 0 unspecified atom stereocenters. The SMILES string of the molecule is CCOCCCNC(=O)C(=O)Nc1cccnc1. The van der Waals surface area contributed by atoms with Crippen molar-refractivity contribution in [3.63, 3.8) is 0 Å². The molecule has 0 atom stereocenters. The Morgan fingerprint density at radius 1 is 1.39 bits per heavy atom. The van der Waals surface area contributed by atoms with E-state index in [9.17, 15) is 9.59 Å². The summed E-state index contributed by atoms with van der Waals surface area (Å²) in [5.74, 6) is -1.35. The van der Waals surface area contributed by atoms with Crippen LogP contribution in [0.5, 0.6) is 0 Å². The maximum absolute atomic E-state index is 11.5. The minimum atomic E-state index is -0.695. The van der Waals surface area contributed by atoms with Crippen molar-refractivity contribution in [3.05, 3.63) is 24.5 Å². The summed E-state index contributed by atoms with van der Waals surface area (Å²) in [5, 5.41) is 4.96. The molecule has 0 aromatic carbocycles. The van der Waals surface area contributed by atoms with Crippen LogP contribution in [0.1, 0.15) is 13.3 Å². The standard InChI is InChI=1S/C12H17N3O3/c1-2-18-8-4-7-14-11(16)12(17)15-10-5-3-6-13-9-10/h3,5-6,9H,2,4,7-8H2,1H3,(H,14,16)(H,15,17). The second-order valence-electron chi connectivity index (χ2n) is 3.50. The van der Waals surface area contributed by atoms with E-state index in [1.54, 1.807) is 18.3 Å². The van der Waals surface area contributed by atoms with Crippen molar-refractivity contribution in [1.82, 2.24) is 10.3 Å². The molecule has 1 aromatic heterocycles. The van der Waals surface area contributed by atoms with Gasteiger partial charge in [-0.1, -0.05) is 0 Å². The molecule has 0 saturated heterocycles. The maximum atomic E-state index is 11.5. The molecule has 98 valence electrons. The first-order valence-electron chi connectivity index (χ1n) is 5.81. The summed E-state index contributed by atoms with van der Waals surface area (Å²) in [7, 11) is 0. The molecule has 1 heterocycles. The Labute approximate surface area is 106 Å². The number of amides is 2. The van der Waals surface area contributed by atoms with Gasteiger partial charge in [-0.05, 0) is 25.5 Å². The van der Waals surface area contributed by atoms with Gasteiger partial charge in [0.05, 0.1) is 11.9 Å². The van der Waals surface area contributed by atoms with Gasteiger partial charge in [0.25, 0.3) is 0 Å². The normalized spacial score (nSPS) is 9.83. The molecule has 0 radical (unpaired) electrons. The van der Waals surface area contributed by atoms with Crippen molar-refractivity contribution in [3.8, 4) is 0 Å². The molecule has 0 bridgehead atoms. The number of anilines is 1. The number of carbonyl (C=O) groups excluding carboxylic acids is 2. The van der Waals surface area contributed by atoms with Crippen LogP contribution in [0.2, 0.25) is 0 Å². The molecule has 0 aliphatic carbocycles. The zero-order valence-electron chi connectivity index (χ0n) is 10.3. The number of nitrogens with one attached hydrogen (secondary N) is 2. The van der Waals surface area contributed by atoms with E-state index in [0.29, 0.717) is 31.9 Å². The summed E-state index contributed by atoms with van der Waals surface area (Å²) in [6, 6.07) is 3.34. The Morgan fingerprint density at radius 2 is 2.22 bits per heavy atom. The second kappa shape index (κ2) is 8.19. The Hall–Kier alpha value is -1.95. The number of hydrogen-bond acceptors (Lipinski definition) is 4. The molecule has 0 aliphatic heterocycles. The first-order valence-corrected chi connectivity index (χ1v) is 5.81. The highest BCUT2D eigenvalue weighted by Gasteiger charge is 2.12. The maximum Gasteiger partial charge on any atom is 0.313 e. The van der Waals surface area contributed by atoms with E-state index in [1.807, 2.05) is 6.92 Å². The zero-order chi connectivity index (χ0) is 13.2. The van der Waals surface area contributed by atoms with Crippen molar-refractivity contribution in [2.75, 3.05) is 25.1 Å². The lowest BCUT2D eigenvalue weighted by molar-refractivity contribution is -0.136. The third kappa shape index (κ3) is 5.40. The number of carbonyl (C=O) groups is 2. The van der Waals surface area contributed by atoms with Crippen LogP contribution in [-0.4, -0.2) is 36.6 Å². The summed E-state index contributed by atoms with van der Waals surface area (Å²) in [4.78, 5) is 26.7. The van der Waals surface area contributed by atoms with Gasteiger partial charge in [0.2, 0.25) is 0 Å². The van der Waals surface area contributed by atoms with E-state index < -0.39 is 11.8 Å². The molecule has 0 spiro atoms. The molecule has 1 rings (SSSR count). The number of nitrogens with zero attached hydrogens (tertiary/aromatic N) is 1. The Balaban J connectivity index is 2.23. The minimum absolute atomic E-state index is 0.416. The van der Waals surface area contributed by atoms with Crippen molar-refractivity contribution < 1.29 is 14.3 Å². The number of pyridine rings is 1. The molecular formula is C12H17N3O3. The van der Waals surface area contributed by atoms with Crippen molar-refractivity contribution in [1.29, 1.82) is 0 Å². The predicted molar refractivity (Wildman–Crippen MR) is 67.0 cm³/mol. The van der Waals surface area contributed by atoms with Crippen molar-refractivity contribution in [2.24, 2.45) is 0 Å². The average molecular weight is 251 g/mol. The van der Waals surface area contributed by atoms with Gasteiger partial charge < -0.3 is 15.4 Å². The molecule has 1 aromatic rings. The third-order valence-corrected chi connectivity index (χ3v) is 2.08. The van der Waals surface area contributed by atoms with Gasteiger partial charge in [-0.25, -0.2) is 0 Å². The van der Waals surface area contributed by atoms with E-state index in [2.05, 4.69) is 15.6 Å². The Morgan fingerprint density at radius 3 is 2.89 bits per heavy atom. The molecule has 0 fully saturated rings. The van der Waals surface area contributed by atoms with Crippen LogP contribution < -0.4 is 10.6 Å². The number of rotatable bonds is 6. The highest BCUT2D eigenvalue weighted by Crippen LogP contribution is 2.01. The topological polar surface area (TPSA) is 80.3 Å². The van der Waals surface area contributed by atoms with Gasteiger partial charge in [0.1, 0.15) is 0 Å². The summed E-state index contributed by atoms with van der Waals surface area (Å²) >= 11 is 0. The van der Waals surface area contributed by atoms with Gasteiger partial charge >= 0.3 is 11.8 Å². The molecule has 18 heavy (non-hydrogen) atoms. The lowest BCUT2D eigenvalue weighted by Gasteiger charge is -2.06. The lowest BCUT2D eigenvalue weighted by atomic mass is 10.4. The van der Waals surface area contributed by atoms with Crippen LogP contribution in [0.25, 0.3) is 0 Å². The van der Waals surface area contributed by atoms with Crippen LogP contribution in [0, 0.1) is 0 Å². The van der Waals surface area contributed by atoms with Gasteiger partial charge in [0, 0.05) is 26.0 Å². The summed E-state index contributed by atoms with van der Waals surface area (Å²) in [6.45, 7) is 3.54. The van der Waals surface area contributed by atoms with E-state index in [-0.39, 0.29) is 0 Å². The fourth-order valence-corrected chi connectivity index (χ4v) is 1.23. The van der Waals surface area contributed by atoms with Gasteiger partial charge in [-0.3, -0.25) is 14.6 Å². The highest BCUT2D eigenvalue weighted by atomic mass is 16.5. The summed E-state index contributed by atoms with van der Waals surface area (Å²) in [6.07, 6.45) is 3.74. The van der Waals surface area contributed by atoms with E-state index in [1.165, 1.54) is 6.20 Å². The van der Waals surface area contributed by atoms with Crippen molar-refractivity contribution >= 4 is 17.5 Å². The molecule has 0 saturated carbocycles. The van der Waals surface area contributed by atoms with Gasteiger partial charge in [-0.15, -0.1) is 0 Å². The van der Waals surface area contributed by atoms with E-state index >= 15 is 0 Å². The highest BCUT2D eigenvalue weighted by molar-refractivity contribution is 6.39. The van der Waals surface area contributed by atoms with Crippen LogP contribution in [0.15, 0.2) is 24.5 Å². The number of hydrogen-bond donors (Lipinski definition) is 2. The number of aromatic nitrogens is 1. The fourth-order valence-electron chi connectivity index (χ4n) is 1.23. The minimum Gasteiger partial charge on any atom is -0.382 e. The van der Waals surface area contributed by atoms with Crippen LogP contribution in [0.3, 0.4) is 0 Å². The molecule has 6 heteroatoms. The van der Waals surface area contributed by atoms with Gasteiger partial charge in [0.15, 0.2) is 0 Å². The smallest absolute Gasteiger partial charge is 0.313 e. The number of ether oxygens (including phenoxy) is 1.